The first kappa shape index (κ1) is 15.7. The number of rotatable bonds is 3. The van der Waals surface area contributed by atoms with E-state index in [4.69, 9.17) is 5.11 Å². The fraction of sp³-hybridized carbons (Fsp3) is 0.923. The van der Waals surface area contributed by atoms with Crippen LogP contribution in [0.1, 0.15) is 39.5 Å². The molecule has 6 nitrogen and oxygen atoms in total. The second kappa shape index (κ2) is 5.61. The van der Waals surface area contributed by atoms with Gasteiger partial charge in [-0.05, 0) is 31.1 Å². The first-order valence-electron chi connectivity index (χ1n) is 7.20. The van der Waals surface area contributed by atoms with Crippen LogP contribution in [0.4, 0.5) is 0 Å². The first-order valence-corrected chi connectivity index (χ1v) is 8.60. The van der Waals surface area contributed by atoms with Crippen molar-refractivity contribution in [2.45, 2.75) is 39.5 Å². The summed E-state index contributed by atoms with van der Waals surface area (Å²) >= 11 is 0. The Kier molecular flexibility index (Phi) is 4.41. The molecule has 1 unspecified atom stereocenters. The number of piperidine rings is 2. The van der Waals surface area contributed by atoms with Gasteiger partial charge in [-0.3, -0.25) is 4.79 Å². The van der Waals surface area contributed by atoms with Crippen molar-refractivity contribution in [3.8, 4) is 0 Å². The molecule has 0 aromatic carbocycles. The molecule has 2 aliphatic heterocycles. The quantitative estimate of drug-likeness (QED) is 0.848. The number of nitrogens with zero attached hydrogens (tertiary/aromatic N) is 2. The Bertz CT molecular complexity index is 475. The van der Waals surface area contributed by atoms with Gasteiger partial charge in [-0.25, -0.2) is 0 Å². The van der Waals surface area contributed by atoms with Crippen molar-refractivity contribution < 1.29 is 18.3 Å². The van der Waals surface area contributed by atoms with Crippen LogP contribution in [-0.2, 0) is 15.0 Å². The summed E-state index contributed by atoms with van der Waals surface area (Å²) in [6.07, 6.45) is 3.07. The maximum atomic E-state index is 12.7. The summed E-state index contributed by atoms with van der Waals surface area (Å²) < 4.78 is 28.2. The highest BCUT2D eigenvalue weighted by atomic mass is 32.2. The maximum Gasteiger partial charge on any atom is 0.307 e. The Morgan fingerprint density at radius 2 is 1.85 bits per heavy atom. The number of hydrogen-bond acceptors (Lipinski definition) is 3. The van der Waals surface area contributed by atoms with Crippen LogP contribution < -0.4 is 0 Å². The van der Waals surface area contributed by atoms with Crippen molar-refractivity contribution in [2.75, 3.05) is 26.2 Å². The van der Waals surface area contributed by atoms with Gasteiger partial charge in [0.2, 0.25) is 0 Å². The topological polar surface area (TPSA) is 77.9 Å². The summed E-state index contributed by atoms with van der Waals surface area (Å²) in [5.41, 5.74) is -0.00664. The smallest absolute Gasteiger partial charge is 0.307 e. The highest BCUT2D eigenvalue weighted by molar-refractivity contribution is 7.86. The molecule has 2 fully saturated rings. The van der Waals surface area contributed by atoms with E-state index in [1.54, 1.807) is 0 Å². The Balaban J connectivity index is 2.11. The molecule has 1 atom stereocenters. The van der Waals surface area contributed by atoms with Gasteiger partial charge < -0.3 is 5.11 Å². The lowest BCUT2D eigenvalue weighted by molar-refractivity contribution is -0.142. The minimum absolute atomic E-state index is 0.00664. The molecule has 1 N–H and O–H groups in total. The number of hydrogen-bond donors (Lipinski definition) is 1. The predicted octanol–water partition coefficient (Wildman–Crippen LogP) is 1.15. The van der Waals surface area contributed by atoms with E-state index >= 15 is 0 Å². The zero-order valence-corrected chi connectivity index (χ0v) is 13.0. The van der Waals surface area contributed by atoms with E-state index in [2.05, 4.69) is 13.8 Å². The zero-order chi connectivity index (χ0) is 15.0. The zero-order valence-electron chi connectivity index (χ0n) is 12.2. The van der Waals surface area contributed by atoms with E-state index in [1.165, 1.54) is 8.61 Å². The van der Waals surface area contributed by atoms with Crippen LogP contribution >= 0.6 is 0 Å². The van der Waals surface area contributed by atoms with Gasteiger partial charge in [0.25, 0.3) is 10.2 Å². The van der Waals surface area contributed by atoms with Gasteiger partial charge in [-0.15, -0.1) is 0 Å². The van der Waals surface area contributed by atoms with Crippen molar-refractivity contribution in [1.82, 2.24) is 8.61 Å². The van der Waals surface area contributed by atoms with E-state index in [0.29, 0.717) is 32.5 Å². The summed E-state index contributed by atoms with van der Waals surface area (Å²) in [4.78, 5) is 11.1. The lowest BCUT2D eigenvalue weighted by Crippen LogP contribution is -2.53. The van der Waals surface area contributed by atoms with Crippen molar-refractivity contribution >= 4 is 16.2 Å². The third kappa shape index (κ3) is 3.32. The highest BCUT2D eigenvalue weighted by Crippen LogP contribution is 2.31. The molecule has 0 aromatic rings. The van der Waals surface area contributed by atoms with Crippen LogP contribution in [0.25, 0.3) is 0 Å². The van der Waals surface area contributed by atoms with Crippen LogP contribution in [0.5, 0.6) is 0 Å². The van der Waals surface area contributed by atoms with Gasteiger partial charge in [0.05, 0.1) is 5.92 Å². The molecule has 7 heteroatoms. The molecule has 0 radical (unpaired) electrons. The molecule has 2 rings (SSSR count). The fourth-order valence-electron chi connectivity index (χ4n) is 3.08. The average Bonchev–Trinajstić information content (AvgIpc) is 2.37. The van der Waals surface area contributed by atoms with Crippen LogP contribution in [0.3, 0.4) is 0 Å². The Labute approximate surface area is 120 Å². The van der Waals surface area contributed by atoms with E-state index in [1.807, 2.05) is 0 Å². The van der Waals surface area contributed by atoms with E-state index < -0.39 is 22.1 Å². The molecule has 0 spiro atoms. The van der Waals surface area contributed by atoms with Gasteiger partial charge in [-0.2, -0.15) is 17.0 Å². The van der Waals surface area contributed by atoms with Crippen LogP contribution in [-0.4, -0.2) is 54.3 Å². The van der Waals surface area contributed by atoms with Gasteiger partial charge in [-0.1, -0.05) is 13.8 Å². The molecule has 116 valence electrons. The summed E-state index contributed by atoms with van der Waals surface area (Å²) in [7, 11) is -3.52. The van der Waals surface area contributed by atoms with Crippen LogP contribution in [0.15, 0.2) is 0 Å². The molecule has 0 aromatic heterocycles. The van der Waals surface area contributed by atoms with Gasteiger partial charge in [0.1, 0.15) is 0 Å². The third-order valence-electron chi connectivity index (χ3n) is 4.25. The monoisotopic (exact) mass is 304 g/mol. The second-order valence-electron chi connectivity index (χ2n) is 6.64. The van der Waals surface area contributed by atoms with Gasteiger partial charge >= 0.3 is 5.97 Å². The van der Waals surface area contributed by atoms with Crippen LogP contribution in [0.2, 0.25) is 0 Å². The van der Waals surface area contributed by atoms with Crippen molar-refractivity contribution in [3.63, 3.8) is 0 Å². The highest BCUT2D eigenvalue weighted by Gasteiger charge is 2.39. The third-order valence-corrected chi connectivity index (χ3v) is 6.20. The maximum absolute atomic E-state index is 12.7. The van der Waals surface area contributed by atoms with Crippen molar-refractivity contribution in [3.05, 3.63) is 0 Å². The molecular formula is C13H24N2O4S. The van der Waals surface area contributed by atoms with E-state index in [-0.39, 0.29) is 12.0 Å². The Morgan fingerprint density at radius 1 is 1.20 bits per heavy atom. The molecule has 0 amide bonds. The average molecular weight is 304 g/mol. The van der Waals surface area contributed by atoms with Gasteiger partial charge in [0.15, 0.2) is 0 Å². The normalized spacial score (nSPS) is 29.2. The molecule has 2 heterocycles. The minimum atomic E-state index is -3.52. The van der Waals surface area contributed by atoms with Crippen LogP contribution in [0, 0.1) is 11.3 Å². The molecule has 0 bridgehead atoms. The molecule has 2 saturated heterocycles. The molecule has 0 saturated carbocycles. The SMILES string of the molecule is CC1(C)CCCN(S(=O)(=O)N2CCCC(C(=O)O)C2)C1. The molecule has 0 aliphatic carbocycles. The fourth-order valence-corrected chi connectivity index (χ4v) is 5.01. The van der Waals surface area contributed by atoms with E-state index in [9.17, 15) is 13.2 Å². The van der Waals surface area contributed by atoms with Crippen molar-refractivity contribution in [2.24, 2.45) is 11.3 Å². The lowest BCUT2D eigenvalue weighted by atomic mass is 9.85. The second-order valence-corrected chi connectivity index (χ2v) is 8.57. The molecule has 2 aliphatic rings. The summed E-state index contributed by atoms with van der Waals surface area (Å²) in [6, 6.07) is 0. The Morgan fingerprint density at radius 3 is 2.45 bits per heavy atom. The molecule has 20 heavy (non-hydrogen) atoms. The summed E-state index contributed by atoms with van der Waals surface area (Å²) in [5.74, 6) is -1.47. The number of aliphatic carboxylic acids is 1. The van der Waals surface area contributed by atoms with E-state index in [0.717, 1.165) is 12.8 Å². The minimum Gasteiger partial charge on any atom is -0.481 e. The number of carboxylic acid groups (broad SMARTS) is 1. The Hall–Kier alpha value is -0.660. The lowest BCUT2D eigenvalue weighted by Gasteiger charge is -2.40. The summed E-state index contributed by atoms with van der Waals surface area (Å²) in [5, 5.41) is 9.08. The number of carboxylic acids is 1. The largest absolute Gasteiger partial charge is 0.481 e. The predicted molar refractivity (Wildman–Crippen MR) is 75.4 cm³/mol. The molecular weight excluding hydrogens is 280 g/mol. The van der Waals surface area contributed by atoms with Crippen molar-refractivity contribution in [1.29, 1.82) is 0 Å². The summed E-state index contributed by atoms with van der Waals surface area (Å²) in [6.45, 7) is 5.75. The first-order chi connectivity index (χ1) is 9.22. The number of carbonyl (C=O) groups is 1. The standard InChI is InChI=1S/C13H24N2O4S/c1-13(2)6-4-8-15(10-13)20(18,19)14-7-3-5-11(9-14)12(16)17/h11H,3-10H2,1-2H3,(H,16,17). The van der Waals surface area contributed by atoms with Gasteiger partial charge in [0, 0.05) is 26.2 Å².